The Labute approximate surface area is 151 Å². The summed E-state index contributed by atoms with van der Waals surface area (Å²) in [5.41, 5.74) is 0. The average Bonchev–Trinajstić information content (AvgIpc) is 2.00. The van der Waals surface area contributed by atoms with Gasteiger partial charge >= 0.3 is 60.6 Å². The topological polar surface area (TPSA) is 198 Å². The van der Waals surface area contributed by atoms with E-state index in [9.17, 15) is 0 Å². The van der Waals surface area contributed by atoms with Crippen LogP contribution >= 0.6 is 0 Å². The first-order chi connectivity index (χ1) is 8.02. The molecule has 15 heteroatoms. The number of hydrogen-bond acceptors (Lipinski definition) is 7. The molecule has 0 aliphatic rings. The van der Waals surface area contributed by atoms with E-state index in [0.717, 1.165) is 6.29 Å². The molecule has 0 saturated carbocycles. The van der Waals surface area contributed by atoms with Crippen LogP contribution < -0.4 is 29.6 Å². The number of hydrogen-bond donors (Lipinski definition) is 3. The van der Waals surface area contributed by atoms with E-state index in [4.69, 9.17) is 44.7 Å². The molecule has 3 unspecified atom stereocenters. The third-order valence-corrected chi connectivity index (χ3v) is 0. The Morgan fingerprint density at radius 1 is 0.895 bits per heavy atom. The van der Waals surface area contributed by atoms with Crippen molar-refractivity contribution < 1.29 is 74.3 Å². The van der Waals surface area contributed by atoms with Gasteiger partial charge in [0.05, 0.1) is 34.1 Å². The molecule has 0 saturated heterocycles. The van der Waals surface area contributed by atoms with Gasteiger partial charge in [-0.1, -0.05) is 0 Å². The van der Waals surface area contributed by atoms with Crippen LogP contribution in [0.2, 0.25) is 9.88 Å². The molecule has 112 valence electrons. The second-order valence-electron chi connectivity index (χ2n) is 1.39. The third kappa shape index (κ3) is 2180. The zero-order valence-electron chi connectivity index (χ0n) is 10.5. The first-order valence-electron chi connectivity index (χ1n) is 3.36. The largest absolute Gasteiger partial charge is 1.00 e. The molecular weight excluding hydrogens is 446 g/mol. The number of aldehydes is 1. The Morgan fingerprint density at radius 2 is 0.895 bits per heavy atom. The van der Waals surface area contributed by atoms with E-state index in [1.807, 2.05) is 0 Å². The van der Waals surface area contributed by atoms with Crippen LogP contribution in [-0.4, -0.2) is 67.4 Å². The zero-order valence-corrected chi connectivity index (χ0v) is 17.8. The maximum Gasteiger partial charge on any atom is 1.00 e. The Kier molecular flexibility index (Phi) is 83.5. The molecule has 0 amide bonds. The van der Waals surface area contributed by atoms with Gasteiger partial charge in [-0.25, -0.2) is 12.6 Å². The molecular formula is C4H13NaO10S3Sn. The summed E-state index contributed by atoms with van der Waals surface area (Å²) >= 11 is -8.35. The maximum absolute atomic E-state index is 8.81. The van der Waals surface area contributed by atoms with E-state index in [-0.39, 0.29) is 50.7 Å². The summed E-state index contributed by atoms with van der Waals surface area (Å²) < 4.78 is 72.2. The Bertz CT molecular complexity index is 176. The minimum Gasteiger partial charge on any atom is 1.00 e. The van der Waals surface area contributed by atoms with Crippen LogP contribution in [-0.2, 0) is 38.9 Å². The second-order valence-corrected chi connectivity index (χ2v) is 5.54. The van der Waals surface area contributed by atoms with Gasteiger partial charge in [0.2, 0.25) is 0 Å². The fourth-order valence-corrected chi connectivity index (χ4v) is 0. The van der Waals surface area contributed by atoms with Crippen LogP contribution in [0.25, 0.3) is 0 Å². The average molecular weight is 459 g/mol. The van der Waals surface area contributed by atoms with Gasteiger partial charge in [0.25, 0.3) is 0 Å². The molecule has 19 heavy (non-hydrogen) atoms. The third-order valence-electron chi connectivity index (χ3n) is 0. The van der Waals surface area contributed by atoms with Crippen molar-refractivity contribution in [1.29, 1.82) is 0 Å². The SMILES string of the molecule is CC=O.O=S([O-])O.O=S([O-])O.O=S([O-])O.[CH3][Sn+2][CH3].[Na+]. The van der Waals surface area contributed by atoms with Gasteiger partial charge in [-0.15, -0.1) is 0 Å². The van der Waals surface area contributed by atoms with Crippen molar-refractivity contribution in [3.05, 3.63) is 0 Å². The molecule has 0 rings (SSSR count). The summed E-state index contributed by atoms with van der Waals surface area (Å²) in [6.45, 7) is 1.44. The first-order valence-corrected chi connectivity index (χ1v) is 12.2. The Hall–Kier alpha value is 1.68. The summed E-state index contributed by atoms with van der Waals surface area (Å²) in [4.78, 5) is 13.4. The smallest absolute Gasteiger partial charge is 1.00 e. The van der Waals surface area contributed by atoms with Gasteiger partial charge in [-0.05, 0) is 6.92 Å². The Morgan fingerprint density at radius 3 is 0.895 bits per heavy atom. The van der Waals surface area contributed by atoms with Gasteiger partial charge in [0, 0.05) is 0 Å². The molecule has 0 aromatic heterocycles. The maximum atomic E-state index is 8.81. The van der Waals surface area contributed by atoms with E-state index in [0.29, 0.717) is 0 Å². The molecule has 0 bridgehead atoms. The normalized spacial score (nSPS) is 11.0. The molecule has 0 heterocycles. The molecule has 3 N–H and O–H groups in total. The summed E-state index contributed by atoms with van der Waals surface area (Å²) in [6.07, 6.45) is 0.750. The second kappa shape index (κ2) is 42.7. The molecule has 3 atom stereocenters. The van der Waals surface area contributed by atoms with Crippen LogP contribution in [0.15, 0.2) is 0 Å². The van der Waals surface area contributed by atoms with Gasteiger partial charge in [0.15, 0.2) is 0 Å². The molecule has 0 radical (unpaired) electrons. The van der Waals surface area contributed by atoms with Gasteiger partial charge in [-0.2, -0.15) is 0 Å². The van der Waals surface area contributed by atoms with Crippen LogP contribution in [0.4, 0.5) is 0 Å². The zero-order chi connectivity index (χ0) is 16.1. The van der Waals surface area contributed by atoms with E-state index in [2.05, 4.69) is 9.88 Å². The summed E-state index contributed by atoms with van der Waals surface area (Å²) in [7, 11) is 0. The van der Waals surface area contributed by atoms with Crippen molar-refractivity contribution in [1.82, 2.24) is 0 Å². The van der Waals surface area contributed by atoms with Gasteiger partial charge in [-0.3, -0.25) is 0 Å². The summed E-state index contributed by atoms with van der Waals surface area (Å²) in [5.74, 6) is 0. The fourth-order valence-electron chi connectivity index (χ4n) is 0. The van der Waals surface area contributed by atoms with Crippen molar-refractivity contribution in [3.63, 3.8) is 0 Å². The molecule has 0 aliphatic carbocycles. The van der Waals surface area contributed by atoms with Crippen molar-refractivity contribution in [2.24, 2.45) is 0 Å². The minimum absolute atomic E-state index is 0. The quantitative estimate of drug-likeness (QED) is 0.182. The van der Waals surface area contributed by atoms with Crippen molar-refractivity contribution >= 4 is 61.5 Å². The monoisotopic (exact) mass is 460 g/mol. The number of carbonyl (C=O) groups is 1. The number of rotatable bonds is 0. The molecule has 0 aromatic carbocycles. The number of carbonyl (C=O) groups excluding carboxylic acids is 1. The molecule has 0 aliphatic heterocycles. The van der Waals surface area contributed by atoms with Crippen molar-refractivity contribution in [3.8, 4) is 0 Å². The van der Waals surface area contributed by atoms with Gasteiger partial charge < -0.3 is 32.1 Å². The molecule has 0 spiro atoms. The van der Waals surface area contributed by atoms with E-state index in [1.165, 1.54) is 6.92 Å². The molecule has 0 aromatic rings. The molecule has 10 nitrogen and oxygen atoms in total. The first kappa shape index (κ1) is 37.2. The van der Waals surface area contributed by atoms with Crippen LogP contribution in [0.1, 0.15) is 6.92 Å². The van der Waals surface area contributed by atoms with Crippen molar-refractivity contribution in [2.75, 3.05) is 0 Å². The van der Waals surface area contributed by atoms with Gasteiger partial charge in [0.1, 0.15) is 6.29 Å². The predicted octanol–water partition coefficient (Wildman–Crippen LogP) is -3.99. The van der Waals surface area contributed by atoms with E-state index >= 15 is 0 Å². The van der Waals surface area contributed by atoms with Crippen LogP contribution in [0, 0.1) is 0 Å². The Balaban J connectivity index is -0.0000000276. The minimum atomic E-state index is -2.86. The van der Waals surface area contributed by atoms with Crippen molar-refractivity contribution in [2.45, 2.75) is 16.8 Å². The fraction of sp³-hybridized carbons (Fsp3) is 0.750. The summed E-state index contributed by atoms with van der Waals surface area (Å²) in [5, 5.41) is 0. The van der Waals surface area contributed by atoms with E-state index in [1.54, 1.807) is 0 Å². The van der Waals surface area contributed by atoms with E-state index < -0.39 is 34.1 Å². The molecule has 0 fully saturated rings. The summed E-state index contributed by atoms with van der Waals surface area (Å²) in [6, 6.07) is 0. The van der Waals surface area contributed by atoms with Crippen LogP contribution in [0.3, 0.4) is 0 Å². The van der Waals surface area contributed by atoms with Crippen LogP contribution in [0.5, 0.6) is 0 Å². The standard InChI is InChI=1S/C2H4O.2CH3.Na.3H2O3S.Sn/c1-2-3;;;;3*1-4(2)3;/h2H,1H3;2*1H3;;3*(H2,1,2,3);/q;;;+1;;;;+2/p-3. The predicted molar refractivity (Wildman–Crippen MR) is 63.9 cm³/mol.